The van der Waals surface area contributed by atoms with E-state index in [1.165, 1.54) is 0 Å². The molecule has 1 amide bonds. The first-order chi connectivity index (χ1) is 10.4. The van der Waals surface area contributed by atoms with Gasteiger partial charge in [-0.2, -0.15) is 13.2 Å². The van der Waals surface area contributed by atoms with Gasteiger partial charge >= 0.3 is 12.1 Å². The number of methoxy groups -OCH3 is 1. The maximum absolute atomic E-state index is 13.4. The van der Waals surface area contributed by atoms with Gasteiger partial charge in [0.25, 0.3) is 5.60 Å². The summed E-state index contributed by atoms with van der Waals surface area (Å²) in [6, 6.07) is 1.80. The Morgan fingerprint density at radius 2 is 1.87 bits per heavy atom. The van der Waals surface area contributed by atoms with E-state index in [0.717, 1.165) is 12.1 Å². The van der Waals surface area contributed by atoms with Crippen LogP contribution in [0.4, 0.5) is 27.6 Å². The highest BCUT2D eigenvalue weighted by Crippen LogP contribution is 2.37. The summed E-state index contributed by atoms with van der Waals surface area (Å²) in [6.07, 6.45) is -5.65. The van der Waals surface area contributed by atoms with E-state index >= 15 is 0 Å². The lowest BCUT2D eigenvalue weighted by Gasteiger charge is -2.30. The first-order valence-electron chi connectivity index (χ1n) is 5.72. The highest BCUT2D eigenvalue weighted by Gasteiger charge is 2.67. The smallest absolute Gasteiger partial charge is 0.430 e. The number of benzene rings is 1. The second kappa shape index (κ2) is 6.67. The average molecular weight is 362 g/mol. The minimum atomic E-state index is -5.65. The molecule has 128 valence electrons. The van der Waals surface area contributed by atoms with Gasteiger partial charge < -0.3 is 15.2 Å². The molecule has 0 fully saturated rings. The topological polar surface area (TPSA) is 75.6 Å². The molecule has 0 aromatic heterocycles. The summed E-state index contributed by atoms with van der Waals surface area (Å²) in [4.78, 5) is 22.9. The van der Waals surface area contributed by atoms with Crippen LogP contribution < -0.4 is 5.32 Å². The van der Waals surface area contributed by atoms with Crippen LogP contribution >= 0.6 is 11.6 Å². The van der Waals surface area contributed by atoms with Gasteiger partial charge in [-0.1, -0.05) is 0 Å². The Labute approximate surface area is 131 Å². The zero-order valence-corrected chi connectivity index (χ0v) is 12.0. The van der Waals surface area contributed by atoms with Crippen LogP contribution in [0.5, 0.6) is 0 Å². The fourth-order valence-electron chi connectivity index (χ4n) is 1.50. The molecule has 0 spiro atoms. The normalized spacial score (nSPS) is 15.5. The largest absolute Gasteiger partial charge is 0.467 e. The van der Waals surface area contributed by atoms with Gasteiger partial charge in [-0.05, 0) is 12.1 Å². The number of aliphatic hydroxyl groups is 1. The molecule has 0 radical (unpaired) electrons. The van der Waals surface area contributed by atoms with E-state index in [0.29, 0.717) is 13.2 Å². The lowest BCUT2D eigenvalue weighted by Crippen LogP contribution is -2.62. The van der Waals surface area contributed by atoms with E-state index in [1.54, 1.807) is 5.32 Å². The molecule has 0 aliphatic carbocycles. The summed E-state index contributed by atoms with van der Waals surface area (Å²) >= 11 is 5.25. The van der Waals surface area contributed by atoms with Crippen LogP contribution in [0, 0.1) is 11.6 Å². The molecule has 23 heavy (non-hydrogen) atoms. The molecule has 0 heterocycles. The number of carbonyl (C=O) groups excluding carboxylic acids is 2. The maximum atomic E-state index is 13.4. The molecule has 5 nitrogen and oxygen atoms in total. The molecule has 0 aliphatic heterocycles. The Balaban J connectivity index is 3.12. The SMILES string of the molecule is COC(=O)[C@@](O)([C@H](Cl)C(=O)Nc1ccc(F)cc1F)C(F)(F)F. The number of ether oxygens (including phenoxy) is 1. The molecular weight excluding hydrogens is 353 g/mol. The van der Waals surface area contributed by atoms with E-state index in [9.17, 15) is 36.6 Å². The number of carbonyl (C=O) groups is 2. The third-order valence-corrected chi connectivity index (χ3v) is 3.23. The summed E-state index contributed by atoms with van der Waals surface area (Å²) < 4.78 is 68.5. The Kier molecular flexibility index (Phi) is 5.54. The zero-order valence-electron chi connectivity index (χ0n) is 11.2. The number of nitrogens with one attached hydrogen (secondary N) is 1. The molecule has 1 rings (SSSR count). The van der Waals surface area contributed by atoms with Crippen molar-refractivity contribution in [2.75, 3.05) is 12.4 Å². The molecule has 1 aromatic rings. The monoisotopic (exact) mass is 361 g/mol. The van der Waals surface area contributed by atoms with Gasteiger partial charge in [-0.15, -0.1) is 11.6 Å². The number of anilines is 1. The minimum Gasteiger partial charge on any atom is -0.467 e. The van der Waals surface area contributed by atoms with Gasteiger partial charge in [0.2, 0.25) is 5.91 Å². The van der Waals surface area contributed by atoms with Crippen LogP contribution in [0.2, 0.25) is 0 Å². The Morgan fingerprint density at radius 1 is 1.30 bits per heavy atom. The number of hydrogen-bond donors (Lipinski definition) is 2. The molecule has 0 aliphatic rings. The summed E-state index contributed by atoms with van der Waals surface area (Å²) in [7, 11) is 0.542. The number of amides is 1. The lowest BCUT2D eigenvalue weighted by atomic mass is 9.98. The molecule has 0 bridgehead atoms. The first kappa shape index (κ1) is 19.1. The highest BCUT2D eigenvalue weighted by molar-refractivity contribution is 6.35. The van der Waals surface area contributed by atoms with Gasteiger partial charge in [-0.25, -0.2) is 13.6 Å². The van der Waals surface area contributed by atoms with Gasteiger partial charge in [0.05, 0.1) is 12.8 Å². The fraction of sp³-hybridized carbons (Fsp3) is 0.333. The van der Waals surface area contributed by atoms with Crippen LogP contribution in [0.1, 0.15) is 0 Å². The summed E-state index contributed by atoms with van der Waals surface area (Å²) in [5.41, 5.74) is -5.05. The van der Waals surface area contributed by atoms with Gasteiger partial charge in [0.15, 0.2) is 5.38 Å². The van der Waals surface area contributed by atoms with Crippen molar-refractivity contribution in [1.29, 1.82) is 0 Å². The van der Waals surface area contributed by atoms with Crippen molar-refractivity contribution in [3.63, 3.8) is 0 Å². The van der Waals surface area contributed by atoms with Crippen molar-refractivity contribution in [3.8, 4) is 0 Å². The van der Waals surface area contributed by atoms with Gasteiger partial charge in [-0.3, -0.25) is 4.79 Å². The number of alkyl halides is 4. The molecule has 0 saturated heterocycles. The van der Waals surface area contributed by atoms with Crippen molar-refractivity contribution in [2.24, 2.45) is 0 Å². The molecule has 0 unspecified atom stereocenters. The summed E-state index contributed by atoms with van der Waals surface area (Å²) in [5.74, 6) is -6.26. The average Bonchev–Trinajstić information content (AvgIpc) is 2.46. The van der Waals surface area contributed by atoms with Crippen molar-refractivity contribution in [3.05, 3.63) is 29.8 Å². The van der Waals surface area contributed by atoms with E-state index < -0.39 is 46.4 Å². The van der Waals surface area contributed by atoms with Crippen LogP contribution in [-0.2, 0) is 14.3 Å². The lowest BCUT2D eigenvalue weighted by molar-refractivity contribution is -0.260. The highest BCUT2D eigenvalue weighted by atomic mass is 35.5. The molecule has 11 heteroatoms. The predicted molar refractivity (Wildman–Crippen MR) is 67.6 cm³/mol. The molecule has 1 aromatic carbocycles. The Bertz CT molecular complexity index is 624. The Morgan fingerprint density at radius 3 is 2.30 bits per heavy atom. The Hall–Kier alpha value is -1.94. The van der Waals surface area contributed by atoms with E-state index in [2.05, 4.69) is 4.74 Å². The van der Waals surface area contributed by atoms with Crippen molar-refractivity contribution < 1.29 is 41.4 Å². The number of esters is 1. The molecule has 0 saturated carbocycles. The van der Waals surface area contributed by atoms with Crippen LogP contribution in [-0.4, -0.2) is 41.2 Å². The third kappa shape index (κ3) is 3.70. The van der Waals surface area contributed by atoms with Crippen LogP contribution in [0.15, 0.2) is 18.2 Å². The minimum absolute atomic E-state index is 0.356. The molecule has 2 N–H and O–H groups in total. The molecular formula is C12H9ClF5NO4. The fourth-order valence-corrected chi connectivity index (χ4v) is 1.76. The van der Waals surface area contributed by atoms with E-state index in [1.807, 2.05) is 0 Å². The number of rotatable bonds is 4. The third-order valence-electron chi connectivity index (χ3n) is 2.71. The zero-order chi connectivity index (χ0) is 18.0. The van der Waals surface area contributed by atoms with E-state index in [4.69, 9.17) is 11.6 Å². The second-order valence-electron chi connectivity index (χ2n) is 4.23. The number of hydrogen-bond acceptors (Lipinski definition) is 4. The molecule has 2 atom stereocenters. The first-order valence-corrected chi connectivity index (χ1v) is 6.16. The van der Waals surface area contributed by atoms with Gasteiger partial charge in [0.1, 0.15) is 11.6 Å². The predicted octanol–water partition coefficient (Wildman–Crippen LogP) is 1.98. The summed E-state index contributed by atoms with van der Waals surface area (Å²) in [5, 5.41) is 8.22. The quantitative estimate of drug-likeness (QED) is 0.488. The van der Waals surface area contributed by atoms with Crippen molar-refractivity contribution in [2.45, 2.75) is 17.2 Å². The van der Waals surface area contributed by atoms with Crippen LogP contribution in [0.25, 0.3) is 0 Å². The standard InChI is InChI=1S/C12H9ClF5NO4/c1-23-10(21)11(22,12(16,17)18)8(13)9(20)19-7-3-2-5(14)4-6(7)15/h2-4,8,22H,1H3,(H,19,20)/t8-,11+/m1/s1. The van der Waals surface area contributed by atoms with Crippen molar-refractivity contribution >= 4 is 29.2 Å². The maximum Gasteiger partial charge on any atom is 0.430 e. The second-order valence-corrected chi connectivity index (χ2v) is 4.67. The van der Waals surface area contributed by atoms with E-state index in [-0.39, 0.29) is 0 Å². The van der Waals surface area contributed by atoms with Crippen LogP contribution in [0.3, 0.4) is 0 Å². The van der Waals surface area contributed by atoms with Gasteiger partial charge in [0, 0.05) is 6.07 Å². The number of halogens is 6. The van der Waals surface area contributed by atoms with Crippen molar-refractivity contribution in [1.82, 2.24) is 0 Å². The summed E-state index contributed by atoms with van der Waals surface area (Å²) in [6.45, 7) is 0.